The van der Waals surface area contributed by atoms with Crippen LogP contribution in [0.5, 0.6) is 0 Å². The standard InChI is InChI=1S/C15H21N3O3/c19-13(10-7-8-10)18-15-17-12(9-21-15)14(20)16-11-5-3-1-2-4-6-11/h9-11H,1-8H2,(H,16,20)(H,17,18,19). The number of hydrogen-bond acceptors (Lipinski definition) is 4. The number of anilines is 1. The molecule has 3 rings (SSSR count). The van der Waals surface area contributed by atoms with E-state index in [1.165, 1.54) is 19.1 Å². The zero-order chi connectivity index (χ0) is 14.7. The van der Waals surface area contributed by atoms with Crippen molar-refractivity contribution >= 4 is 17.8 Å². The first-order valence-electron chi connectivity index (χ1n) is 7.79. The minimum atomic E-state index is -0.224. The lowest BCUT2D eigenvalue weighted by Gasteiger charge is -2.14. The quantitative estimate of drug-likeness (QED) is 0.835. The normalized spacial score (nSPS) is 19.8. The lowest BCUT2D eigenvalue weighted by molar-refractivity contribution is -0.117. The predicted molar refractivity (Wildman–Crippen MR) is 76.8 cm³/mol. The van der Waals surface area contributed by atoms with Crippen LogP contribution >= 0.6 is 0 Å². The zero-order valence-corrected chi connectivity index (χ0v) is 12.1. The van der Waals surface area contributed by atoms with E-state index in [9.17, 15) is 9.59 Å². The maximum absolute atomic E-state index is 12.1. The minimum Gasteiger partial charge on any atom is -0.431 e. The number of nitrogens with one attached hydrogen (secondary N) is 2. The Labute approximate surface area is 123 Å². The van der Waals surface area contributed by atoms with Crippen molar-refractivity contribution in [2.75, 3.05) is 5.32 Å². The second-order valence-electron chi connectivity index (χ2n) is 5.96. The molecule has 2 amide bonds. The molecule has 0 bridgehead atoms. The summed E-state index contributed by atoms with van der Waals surface area (Å²) in [6.45, 7) is 0. The van der Waals surface area contributed by atoms with Crippen LogP contribution in [0.4, 0.5) is 6.01 Å². The summed E-state index contributed by atoms with van der Waals surface area (Å²) in [4.78, 5) is 27.8. The van der Waals surface area contributed by atoms with Gasteiger partial charge in [-0.25, -0.2) is 0 Å². The van der Waals surface area contributed by atoms with Crippen molar-refractivity contribution in [1.29, 1.82) is 0 Å². The van der Waals surface area contributed by atoms with Crippen molar-refractivity contribution in [3.63, 3.8) is 0 Å². The van der Waals surface area contributed by atoms with Gasteiger partial charge in [-0.15, -0.1) is 0 Å². The Balaban J connectivity index is 1.54. The predicted octanol–water partition coefficient (Wildman–Crippen LogP) is 2.48. The molecule has 6 heteroatoms. The summed E-state index contributed by atoms with van der Waals surface area (Å²) < 4.78 is 5.14. The van der Waals surface area contributed by atoms with E-state index in [2.05, 4.69) is 15.6 Å². The van der Waals surface area contributed by atoms with Crippen molar-refractivity contribution < 1.29 is 14.0 Å². The van der Waals surface area contributed by atoms with Gasteiger partial charge in [0.05, 0.1) is 0 Å². The van der Waals surface area contributed by atoms with Gasteiger partial charge in [0.2, 0.25) is 5.91 Å². The Hall–Kier alpha value is -1.85. The Morgan fingerprint density at radius 2 is 1.81 bits per heavy atom. The highest BCUT2D eigenvalue weighted by atomic mass is 16.4. The molecule has 1 aromatic heterocycles. The molecule has 2 fully saturated rings. The largest absolute Gasteiger partial charge is 0.431 e. The molecular formula is C15H21N3O3. The van der Waals surface area contributed by atoms with E-state index < -0.39 is 0 Å². The third kappa shape index (κ3) is 3.83. The molecule has 2 aliphatic carbocycles. The zero-order valence-electron chi connectivity index (χ0n) is 12.1. The number of amides is 2. The fraction of sp³-hybridized carbons (Fsp3) is 0.667. The molecule has 21 heavy (non-hydrogen) atoms. The van der Waals surface area contributed by atoms with Gasteiger partial charge in [0.1, 0.15) is 6.26 Å². The highest BCUT2D eigenvalue weighted by Crippen LogP contribution is 2.30. The summed E-state index contributed by atoms with van der Waals surface area (Å²) in [7, 11) is 0. The highest BCUT2D eigenvalue weighted by Gasteiger charge is 2.30. The van der Waals surface area contributed by atoms with Crippen molar-refractivity contribution in [3.8, 4) is 0 Å². The molecule has 0 spiro atoms. The molecular weight excluding hydrogens is 270 g/mol. The minimum absolute atomic E-state index is 0.0763. The molecule has 1 aromatic rings. The Morgan fingerprint density at radius 1 is 1.10 bits per heavy atom. The summed E-state index contributed by atoms with van der Waals surface area (Å²) in [6.07, 6.45) is 9.99. The van der Waals surface area contributed by atoms with Crippen LogP contribution in [0.3, 0.4) is 0 Å². The van der Waals surface area contributed by atoms with E-state index in [0.29, 0.717) is 0 Å². The summed E-state index contributed by atoms with van der Waals surface area (Å²) in [6, 6.07) is 0.333. The van der Waals surface area contributed by atoms with Crippen LogP contribution in [0.15, 0.2) is 10.7 Å². The van der Waals surface area contributed by atoms with Crippen molar-refractivity contribution in [3.05, 3.63) is 12.0 Å². The Morgan fingerprint density at radius 3 is 2.48 bits per heavy atom. The number of rotatable bonds is 4. The van der Waals surface area contributed by atoms with Gasteiger partial charge in [0.15, 0.2) is 5.69 Å². The molecule has 2 N–H and O–H groups in total. The maximum Gasteiger partial charge on any atom is 0.302 e. The third-order valence-corrected chi connectivity index (χ3v) is 4.11. The van der Waals surface area contributed by atoms with Gasteiger partial charge < -0.3 is 9.73 Å². The molecule has 0 radical (unpaired) electrons. The van der Waals surface area contributed by atoms with Crippen LogP contribution in [0, 0.1) is 5.92 Å². The molecule has 2 saturated carbocycles. The van der Waals surface area contributed by atoms with Crippen molar-refractivity contribution in [2.45, 2.75) is 57.4 Å². The number of carbonyl (C=O) groups is 2. The first-order chi connectivity index (χ1) is 10.2. The van der Waals surface area contributed by atoms with Gasteiger partial charge >= 0.3 is 6.01 Å². The number of oxazole rings is 1. The molecule has 6 nitrogen and oxygen atoms in total. The lowest BCUT2D eigenvalue weighted by Crippen LogP contribution is -2.34. The van der Waals surface area contributed by atoms with Crippen LogP contribution in [-0.4, -0.2) is 22.8 Å². The first kappa shape index (κ1) is 14.1. The van der Waals surface area contributed by atoms with E-state index in [-0.39, 0.29) is 35.5 Å². The Bertz CT molecular complexity index is 514. The van der Waals surface area contributed by atoms with E-state index in [0.717, 1.165) is 38.5 Å². The average molecular weight is 291 g/mol. The molecule has 0 aliphatic heterocycles. The third-order valence-electron chi connectivity index (χ3n) is 4.11. The molecule has 0 unspecified atom stereocenters. The van der Waals surface area contributed by atoms with E-state index in [1.807, 2.05) is 0 Å². The van der Waals surface area contributed by atoms with E-state index in [1.54, 1.807) is 0 Å². The monoisotopic (exact) mass is 291 g/mol. The van der Waals surface area contributed by atoms with Crippen LogP contribution in [0.1, 0.15) is 61.9 Å². The fourth-order valence-corrected chi connectivity index (χ4v) is 2.67. The molecule has 114 valence electrons. The van der Waals surface area contributed by atoms with Crippen LogP contribution in [0.25, 0.3) is 0 Å². The molecule has 0 atom stereocenters. The summed E-state index contributed by atoms with van der Waals surface area (Å²) in [5.41, 5.74) is 0.227. The van der Waals surface area contributed by atoms with Gasteiger partial charge in [-0.3, -0.25) is 14.9 Å². The smallest absolute Gasteiger partial charge is 0.302 e. The van der Waals surface area contributed by atoms with Gasteiger partial charge in [0.25, 0.3) is 5.91 Å². The van der Waals surface area contributed by atoms with E-state index in [4.69, 9.17) is 4.42 Å². The van der Waals surface area contributed by atoms with Gasteiger partial charge in [-0.05, 0) is 25.7 Å². The Kier molecular flexibility index (Phi) is 4.22. The lowest BCUT2D eigenvalue weighted by atomic mass is 10.1. The maximum atomic E-state index is 12.1. The van der Waals surface area contributed by atoms with Gasteiger partial charge in [-0.2, -0.15) is 4.98 Å². The van der Waals surface area contributed by atoms with Gasteiger partial charge in [0, 0.05) is 12.0 Å². The van der Waals surface area contributed by atoms with Gasteiger partial charge in [-0.1, -0.05) is 25.7 Å². The van der Waals surface area contributed by atoms with Crippen LogP contribution < -0.4 is 10.6 Å². The molecule has 0 saturated heterocycles. The fourth-order valence-electron chi connectivity index (χ4n) is 2.67. The van der Waals surface area contributed by atoms with Crippen molar-refractivity contribution in [2.24, 2.45) is 5.92 Å². The first-order valence-corrected chi connectivity index (χ1v) is 7.79. The molecule has 0 aromatic carbocycles. The average Bonchev–Trinajstić information content (AvgIpc) is 3.25. The molecule has 2 aliphatic rings. The number of nitrogens with zero attached hydrogens (tertiary/aromatic N) is 1. The highest BCUT2D eigenvalue weighted by molar-refractivity contribution is 5.94. The number of aromatic nitrogens is 1. The summed E-state index contributed by atoms with van der Waals surface area (Å²) in [5, 5.41) is 5.60. The number of hydrogen-bond donors (Lipinski definition) is 2. The molecule has 1 heterocycles. The number of carbonyl (C=O) groups excluding carboxylic acids is 2. The summed E-state index contributed by atoms with van der Waals surface area (Å²) >= 11 is 0. The second kappa shape index (κ2) is 6.28. The topological polar surface area (TPSA) is 84.2 Å². The van der Waals surface area contributed by atoms with Crippen LogP contribution in [0.2, 0.25) is 0 Å². The van der Waals surface area contributed by atoms with E-state index >= 15 is 0 Å². The summed E-state index contributed by atoms with van der Waals surface area (Å²) in [5.74, 6) is -0.217. The van der Waals surface area contributed by atoms with Crippen molar-refractivity contribution in [1.82, 2.24) is 10.3 Å². The second-order valence-corrected chi connectivity index (χ2v) is 5.96. The SMILES string of the molecule is O=C(NC1CCCCCC1)c1coc(NC(=O)C2CC2)n1. The van der Waals surface area contributed by atoms with Crippen LogP contribution in [-0.2, 0) is 4.79 Å².